The van der Waals surface area contributed by atoms with Gasteiger partial charge in [-0.1, -0.05) is 42.0 Å². The van der Waals surface area contributed by atoms with Gasteiger partial charge in [0.15, 0.2) is 5.84 Å². The van der Waals surface area contributed by atoms with Crippen molar-refractivity contribution in [3.63, 3.8) is 0 Å². The third-order valence-corrected chi connectivity index (χ3v) is 4.90. The van der Waals surface area contributed by atoms with Gasteiger partial charge in [0.25, 0.3) is 5.91 Å². The van der Waals surface area contributed by atoms with Crippen molar-refractivity contribution in [1.29, 1.82) is 0 Å². The van der Waals surface area contributed by atoms with Gasteiger partial charge in [-0.15, -0.1) is 0 Å². The molecule has 0 atom stereocenters. The second-order valence-electron chi connectivity index (χ2n) is 6.92. The van der Waals surface area contributed by atoms with Crippen molar-refractivity contribution in [3.05, 3.63) is 95.2 Å². The van der Waals surface area contributed by atoms with Crippen LogP contribution in [0.2, 0.25) is 0 Å². The molecule has 0 radical (unpaired) electrons. The van der Waals surface area contributed by atoms with Crippen LogP contribution in [-0.4, -0.2) is 26.0 Å². The molecule has 4 rings (SSSR count). The van der Waals surface area contributed by atoms with Crippen LogP contribution in [-0.2, 0) is 4.79 Å². The topological polar surface area (TPSA) is 51.1 Å². The van der Waals surface area contributed by atoms with Crippen molar-refractivity contribution in [1.82, 2.24) is 0 Å². The third-order valence-electron chi connectivity index (χ3n) is 4.90. The van der Waals surface area contributed by atoms with E-state index in [2.05, 4.69) is 0 Å². The zero-order valence-corrected chi connectivity index (χ0v) is 17.1. The molecule has 0 unspecified atom stereocenters. The molecule has 1 amide bonds. The first-order valence-corrected chi connectivity index (χ1v) is 9.59. The first kappa shape index (κ1) is 19.5. The molecular weight excluding hydrogens is 376 g/mol. The van der Waals surface area contributed by atoms with Crippen molar-refractivity contribution in [2.45, 2.75) is 6.92 Å². The maximum Gasteiger partial charge on any atom is 0.282 e. The second-order valence-corrected chi connectivity index (χ2v) is 6.92. The molecule has 0 N–H and O–H groups in total. The largest absolute Gasteiger partial charge is 0.497 e. The highest BCUT2D eigenvalue weighted by atomic mass is 16.5. The highest BCUT2D eigenvalue weighted by molar-refractivity contribution is 6.33. The van der Waals surface area contributed by atoms with Gasteiger partial charge in [-0.05, 0) is 55.0 Å². The summed E-state index contributed by atoms with van der Waals surface area (Å²) in [4.78, 5) is 19.7. The van der Waals surface area contributed by atoms with E-state index in [9.17, 15) is 4.79 Å². The standard InChI is InChI=1S/C25H22N2O3/c1-17-11-13-19(14-12-17)27-24(21-9-4-5-10-23(21)30-3)26-22(25(27)28)16-18-7-6-8-20(15-18)29-2/h4-16H,1-3H3/b22-16+. The normalized spacial score (nSPS) is 14.8. The number of aliphatic imine (C=N–C) groups is 1. The summed E-state index contributed by atoms with van der Waals surface area (Å²) >= 11 is 0. The van der Waals surface area contributed by atoms with Gasteiger partial charge in [-0.3, -0.25) is 9.69 Å². The summed E-state index contributed by atoms with van der Waals surface area (Å²) in [6, 6.07) is 22.9. The Balaban J connectivity index is 1.85. The average Bonchev–Trinajstić information content (AvgIpc) is 3.10. The van der Waals surface area contributed by atoms with E-state index in [0.717, 1.165) is 28.1 Å². The molecule has 0 spiro atoms. The molecule has 5 nitrogen and oxygen atoms in total. The Morgan fingerprint density at radius 3 is 2.40 bits per heavy atom. The van der Waals surface area contributed by atoms with Crippen LogP contribution in [0, 0.1) is 6.92 Å². The molecule has 1 heterocycles. The van der Waals surface area contributed by atoms with Crippen molar-refractivity contribution < 1.29 is 14.3 Å². The summed E-state index contributed by atoms with van der Waals surface area (Å²) in [6.07, 6.45) is 1.77. The molecule has 0 aromatic heterocycles. The first-order valence-electron chi connectivity index (χ1n) is 9.59. The summed E-state index contributed by atoms with van der Waals surface area (Å²) in [7, 11) is 3.23. The van der Waals surface area contributed by atoms with Crippen LogP contribution in [0.3, 0.4) is 0 Å². The molecule has 0 bridgehead atoms. The molecule has 1 aliphatic heterocycles. The number of ether oxygens (including phenoxy) is 2. The minimum Gasteiger partial charge on any atom is -0.497 e. The number of benzene rings is 3. The van der Waals surface area contributed by atoms with Crippen molar-refractivity contribution in [2.24, 2.45) is 4.99 Å². The minimum absolute atomic E-state index is 0.192. The Morgan fingerprint density at radius 2 is 1.67 bits per heavy atom. The maximum absolute atomic E-state index is 13.4. The summed E-state index contributed by atoms with van der Waals surface area (Å²) in [5.41, 5.74) is 3.82. The highest BCUT2D eigenvalue weighted by Crippen LogP contribution is 2.31. The number of amidine groups is 1. The lowest BCUT2D eigenvalue weighted by atomic mass is 10.1. The smallest absolute Gasteiger partial charge is 0.282 e. The van der Waals surface area contributed by atoms with E-state index in [0.29, 0.717) is 17.3 Å². The number of para-hydroxylation sites is 1. The number of hydrogen-bond donors (Lipinski definition) is 0. The van der Waals surface area contributed by atoms with E-state index in [4.69, 9.17) is 14.5 Å². The lowest BCUT2D eigenvalue weighted by molar-refractivity contribution is -0.113. The monoisotopic (exact) mass is 398 g/mol. The molecule has 3 aromatic carbocycles. The predicted octanol–water partition coefficient (Wildman–Crippen LogP) is 4.85. The van der Waals surface area contributed by atoms with E-state index < -0.39 is 0 Å². The summed E-state index contributed by atoms with van der Waals surface area (Å²) in [6.45, 7) is 2.01. The summed E-state index contributed by atoms with van der Waals surface area (Å²) < 4.78 is 10.8. The average molecular weight is 398 g/mol. The molecule has 30 heavy (non-hydrogen) atoms. The van der Waals surface area contributed by atoms with Gasteiger partial charge in [0.2, 0.25) is 0 Å². The van der Waals surface area contributed by atoms with E-state index >= 15 is 0 Å². The number of methoxy groups -OCH3 is 2. The van der Waals surface area contributed by atoms with Gasteiger partial charge in [0.05, 0.1) is 25.5 Å². The third kappa shape index (κ3) is 3.70. The fraction of sp³-hybridized carbons (Fsp3) is 0.120. The molecule has 0 fully saturated rings. The molecule has 150 valence electrons. The number of carbonyl (C=O) groups excluding carboxylic acids is 1. The molecule has 3 aromatic rings. The van der Waals surface area contributed by atoms with Gasteiger partial charge < -0.3 is 9.47 Å². The molecule has 0 saturated heterocycles. The van der Waals surface area contributed by atoms with E-state index in [1.807, 2.05) is 79.7 Å². The lowest BCUT2D eigenvalue weighted by Crippen LogP contribution is -2.32. The molecule has 5 heteroatoms. The van der Waals surface area contributed by atoms with Crippen LogP contribution >= 0.6 is 0 Å². The zero-order valence-electron chi connectivity index (χ0n) is 17.1. The van der Waals surface area contributed by atoms with E-state index in [1.54, 1.807) is 25.2 Å². The van der Waals surface area contributed by atoms with Crippen LogP contribution in [0.5, 0.6) is 11.5 Å². The predicted molar refractivity (Wildman–Crippen MR) is 119 cm³/mol. The number of hydrogen-bond acceptors (Lipinski definition) is 4. The maximum atomic E-state index is 13.4. The Kier molecular flexibility index (Phi) is 5.35. The number of anilines is 1. The van der Waals surface area contributed by atoms with Gasteiger partial charge in [-0.25, -0.2) is 4.99 Å². The Hall–Kier alpha value is -3.86. The van der Waals surface area contributed by atoms with Gasteiger partial charge >= 0.3 is 0 Å². The van der Waals surface area contributed by atoms with E-state index in [-0.39, 0.29) is 5.91 Å². The fourth-order valence-electron chi connectivity index (χ4n) is 3.35. The van der Waals surface area contributed by atoms with Gasteiger partial charge in [-0.2, -0.15) is 0 Å². The van der Waals surface area contributed by atoms with E-state index in [1.165, 1.54) is 0 Å². The Labute approximate surface area is 175 Å². The second kappa shape index (κ2) is 8.25. The van der Waals surface area contributed by atoms with Gasteiger partial charge in [0.1, 0.15) is 17.2 Å². The molecule has 0 aliphatic carbocycles. The minimum atomic E-state index is -0.192. The first-order chi connectivity index (χ1) is 14.6. The lowest BCUT2D eigenvalue weighted by Gasteiger charge is -2.20. The number of rotatable bonds is 5. The van der Waals surface area contributed by atoms with Crippen LogP contribution in [0.15, 0.2) is 83.5 Å². The summed E-state index contributed by atoms with van der Waals surface area (Å²) in [5.74, 6) is 1.72. The Bertz CT molecular complexity index is 1150. The summed E-state index contributed by atoms with van der Waals surface area (Å²) in [5, 5.41) is 0. The Morgan fingerprint density at radius 1 is 0.900 bits per heavy atom. The van der Waals surface area contributed by atoms with Crippen LogP contribution in [0.4, 0.5) is 5.69 Å². The van der Waals surface area contributed by atoms with Crippen molar-refractivity contribution in [2.75, 3.05) is 19.1 Å². The molecule has 1 aliphatic rings. The zero-order chi connectivity index (χ0) is 21.1. The van der Waals surface area contributed by atoms with Crippen LogP contribution < -0.4 is 14.4 Å². The molecular formula is C25H22N2O3. The highest BCUT2D eigenvalue weighted by Gasteiger charge is 2.33. The van der Waals surface area contributed by atoms with Crippen molar-refractivity contribution in [3.8, 4) is 11.5 Å². The molecule has 0 saturated carbocycles. The van der Waals surface area contributed by atoms with Gasteiger partial charge in [0, 0.05) is 0 Å². The number of nitrogens with zero attached hydrogens (tertiary/aromatic N) is 2. The van der Waals surface area contributed by atoms with Crippen LogP contribution in [0.1, 0.15) is 16.7 Å². The number of amides is 1. The quantitative estimate of drug-likeness (QED) is 0.578. The number of aryl methyl sites for hydroxylation is 1. The fourth-order valence-corrected chi connectivity index (χ4v) is 3.35. The van der Waals surface area contributed by atoms with Crippen molar-refractivity contribution >= 4 is 23.5 Å². The van der Waals surface area contributed by atoms with Crippen LogP contribution in [0.25, 0.3) is 6.08 Å². The number of carbonyl (C=O) groups is 1. The SMILES string of the molecule is COc1cccc(/C=C2/N=C(c3ccccc3OC)N(c3ccc(C)cc3)C2=O)c1.